The maximum Gasteiger partial charge on any atom is 0.123 e. The first-order valence-corrected chi connectivity index (χ1v) is 4.72. The summed E-state index contributed by atoms with van der Waals surface area (Å²) < 4.78 is 13.0. The van der Waals surface area contributed by atoms with Crippen LogP contribution in [-0.2, 0) is 0 Å². The van der Waals surface area contributed by atoms with Crippen molar-refractivity contribution < 1.29 is 9.50 Å². The molecule has 14 heavy (non-hydrogen) atoms. The zero-order chi connectivity index (χ0) is 10.7. The van der Waals surface area contributed by atoms with Crippen molar-refractivity contribution in [2.75, 3.05) is 6.61 Å². The molecule has 2 nitrogen and oxygen atoms in total. The van der Waals surface area contributed by atoms with Gasteiger partial charge in [-0.15, -0.1) is 0 Å². The molecule has 3 heteroatoms. The number of hydrogen-bond acceptors (Lipinski definition) is 2. The molecule has 1 rings (SSSR count). The molecule has 0 aromatic heterocycles. The largest absolute Gasteiger partial charge is 0.394 e. The second-order valence-electron chi connectivity index (χ2n) is 3.72. The Morgan fingerprint density at radius 2 is 2.00 bits per heavy atom. The zero-order valence-corrected chi connectivity index (χ0v) is 8.50. The molecule has 0 amide bonds. The van der Waals surface area contributed by atoms with Gasteiger partial charge in [0.25, 0.3) is 0 Å². The number of aliphatic hydroxyl groups is 1. The molecular weight excluding hydrogens is 181 g/mol. The van der Waals surface area contributed by atoms with Crippen molar-refractivity contribution in [3.8, 4) is 0 Å². The normalized spacial score (nSPS) is 13.3. The van der Waals surface area contributed by atoms with Crippen molar-refractivity contribution in [1.82, 2.24) is 0 Å². The van der Waals surface area contributed by atoms with E-state index in [-0.39, 0.29) is 18.3 Å². The predicted molar refractivity (Wildman–Crippen MR) is 54.5 cm³/mol. The first-order valence-electron chi connectivity index (χ1n) is 4.72. The zero-order valence-electron chi connectivity index (χ0n) is 8.50. The van der Waals surface area contributed by atoms with Crippen LogP contribution in [0.25, 0.3) is 0 Å². The monoisotopic (exact) mass is 197 g/mol. The van der Waals surface area contributed by atoms with Crippen molar-refractivity contribution in [2.45, 2.75) is 25.8 Å². The van der Waals surface area contributed by atoms with Gasteiger partial charge in [0, 0.05) is 0 Å². The van der Waals surface area contributed by atoms with Gasteiger partial charge in [-0.05, 0) is 29.2 Å². The highest BCUT2D eigenvalue weighted by Gasteiger charge is 2.13. The van der Waals surface area contributed by atoms with Crippen molar-refractivity contribution in [2.24, 2.45) is 5.73 Å². The number of hydrogen-bond donors (Lipinski definition) is 2. The molecule has 0 heterocycles. The molecule has 0 aliphatic heterocycles. The Morgan fingerprint density at radius 1 is 1.36 bits per heavy atom. The van der Waals surface area contributed by atoms with Crippen LogP contribution in [-0.4, -0.2) is 11.7 Å². The number of halogens is 1. The van der Waals surface area contributed by atoms with E-state index in [0.717, 1.165) is 5.56 Å². The van der Waals surface area contributed by atoms with Crippen molar-refractivity contribution in [3.63, 3.8) is 0 Å². The summed E-state index contributed by atoms with van der Waals surface area (Å²) >= 11 is 0. The quantitative estimate of drug-likeness (QED) is 0.777. The first-order chi connectivity index (χ1) is 6.56. The van der Waals surface area contributed by atoms with Crippen molar-refractivity contribution in [1.29, 1.82) is 0 Å². The van der Waals surface area contributed by atoms with Crippen LogP contribution < -0.4 is 5.73 Å². The Balaban J connectivity index is 3.15. The maximum absolute atomic E-state index is 13.0. The van der Waals surface area contributed by atoms with Gasteiger partial charge >= 0.3 is 0 Å². The summed E-state index contributed by atoms with van der Waals surface area (Å²) in [6, 6.07) is 4.05. The van der Waals surface area contributed by atoms with E-state index in [1.54, 1.807) is 6.07 Å². The summed E-state index contributed by atoms with van der Waals surface area (Å²) in [5.41, 5.74) is 7.38. The van der Waals surface area contributed by atoms with Crippen LogP contribution in [0.2, 0.25) is 0 Å². The maximum atomic E-state index is 13.0. The van der Waals surface area contributed by atoms with Crippen molar-refractivity contribution >= 4 is 0 Å². The Hall–Kier alpha value is -0.930. The topological polar surface area (TPSA) is 46.2 Å². The van der Waals surface area contributed by atoms with Crippen LogP contribution in [0.5, 0.6) is 0 Å². The Morgan fingerprint density at radius 3 is 2.50 bits per heavy atom. The van der Waals surface area contributed by atoms with E-state index in [4.69, 9.17) is 10.8 Å². The molecular formula is C11H16FNO. The lowest BCUT2D eigenvalue weighted by molar-refractivity contribution is 0.267. The summed E-state index contributed by atoms with van der Waals surface area (Å²) in [4.78, 5) is 0. The van der Waals surface area contributed by atoms with Gasteiger partial charge in [0.05, 0.1) is 12.6 Å². The van der Waals surface area contributed by atoms with Gasteiger partial charge in [0.1, 0.15) is 5.82 Å². The lowest BCUT2D eigenvalue weighted by atomic mass is 9.93. The second kappa shape index (κ2) is 4.53. The molecule has 0 bridgehead atoms. The van der Waals surface area contributed by atoms with E-state index in [1.807, 2.05) is 13.8 Å². The molecule has 0 aliphatic carbocycles. The van der Waals surface area contributed by atoms with Crippen LogP contribution in [0.4, 0.5) is 4.39 Å². The lowest BCUT2D eigenvalue weighted by Gasteiger charge is -2.16. The molecule has 3 N–H and O–H groups in total. The van der Waals surface area contributed by atoms with E-state index in [1.165, 1.54) is 12.1 Å². The number of aliphatic hydroxyl groups excluding tert-OH is 1. The summed E-state index contributed by atoms with van der Waals surface area (Å²) in [6.45, 7) is 3.87. The van der Waals surface area contributed by atoms with Crippen LogP contribution in [0.1, 0.15) is 36.9 Å². The first kappa shape index (κ1) is 11.1. The Labute approximate surface area is 83.6 Å². The lowest BCUT2D eigenvalue weighted by Crippen LogP contribution is -2.17. The van der Waals surface area contributed by atoms with E-state index in [9.17, 15) is 4.39 Å². The van der Waals surface area contributed by atoms with E-state index in [2.05, 4.69) is 0 Å². The SMILES string of the molecule is CC(C)c1ccc(F)cc1C(N)CO. The predicted octanol–water partition coefficient (Wildman–Crippen LogP) is 1.94. The van der Waals surface area contributed by atoms with Gasteiger partial charge in [0.2, 0.25) is 0 Å². The van der Waals surface area contributed by atoms with Gasteiger partial charge in [-0.3, -0.25) is 0 Å². The number of nitrogens with two attached hydrogens (primary N) is 1. The summed E-state index contributed by atoms with van der Waals surface area (Å²) in [7, 11) is 0. The molecule has 1 aromatic rings. The molecule has 0 radical (unpaired) electrons. The minimum Gasteiger partial charge on any atom is -0.394 e. The molecule has 78 valence electrons. The third-order valence-electron chi connectivity index (χ3n) is 2.27. The van der Waals surface area contributed by atoms with Gasteiger partial charge in [0.15, 0.2) is 0 Å². The highest BCUT2D eigenvalue weighted by molar-refractivity contribution is 5.32. The molecule has 0 fully saturated rings. The average Bonchev–Trinajstić information content (AvgIpc) is 2.16. The fourth-order valence-electron chi connectivity index (χ4n) is 1.49. The van der Waals surface area contributed by atoms with E-state index >= 15 is 0 Å². The molecule has 0 saturated heterocycles. The van der Waals surface area contributed by atoms with Crippen LogP contribution in [0, 0.1) is 5.82 Å². The fraction of sp³-hybridized carbons (Fsp3) is 0.455. The molecule has 0 aliphatic rings. The molecule has 1 atom stereocenters. The minimum absolute atomic E-state index is 0.164. The van der Waals surface area contributed by atoms with E-state index in [0.29, 0.717) is 5.56 Å². The smallest absolute Gasteiger partial charge is 0.123 e. The summed E-state index contributed by atoms with van der Waals surface area (Å²) in [5, 5.41) is 8.94. The fourth-order valence-corrected chi connectivity index (χ4v) is 1.49. The van der Waals surface area contributed by atoms with Gasteiger partial charge in [-0.2, -0.15) is 0 Å². The van der Waals surface area contributed by atoms with Crippen LogP contribution in [0.15, 0.2) is 18.2 Å². The third-order valence-corrected chi connectivity index (χ3v) is 2.27. The minimum atomic E-state index is -0.497. The molecule has 0 saturated carbocycles. The summed E-state index contributed by atoms with van der Waals surface area (Å²) in [6.07, 6.45) is 0. The van der Waals surface area contributed by atoms with E-state index < -0.39 is 6.04 Å². The average molecular weight is 197 g/mol. The van der Waals surface area contributed by atoms with Gasteiger partial charge in [-0.25, -0.2) is 4.39 Å². The van der Waals surface area contributed by atoms with Crippen molar-refractivity contribution in [3.05, 3.63) is 35.1 Å². The highest BCUT2D eigenvalue weighted by atomic mass is 19.1. The highest BCUT2D eigenvalue weighted by Crippen LogP contribution is 2.24. The third kappa shape index (κ3) is 2.30. The number of rotatable bonds is 3. The van der Waals surface area contributed by atoms with Gasteiger partial charge < -0.3 is 10.8 Å². The number of benzene rings is 1. The van der Waals surface area contributed by atoms with Gasteiger partial charge in [-0.1, -0.05) is 19.9 Å². The summed E-state index contributed by atoms with van der Waals surface area (Å²) in [5.74, 6) is -0.0310. The Kier molecular flexibility index (Phi) is 3.61. The standard InChI is InChI=1S/C11H16FNO/c1-7(2)9-4-3-8(12)5-10(9)11(13)6-14/h3-5,7,11,14H,6,13H2,1-2H3. The van der Waals surface area contributed by atoms with Crippen LogP contribution >= 0.6 is 0 Å². The molecule has 1 aromatic carbocycles. The molecule has 1 unspecified atom stereocenters. The molecule has 0 spiro atoms. The Bertz CT molecular complexity index is 312. The second-order valence-corrected chi connectivity index (χ2v) is 3.72. The van der Waals surface area contributed by atoms with Crippen LogP contribution in [0.3, 0.4) is 0 Å².